The van der Waals surface area contributed by atoms with Crippen LogP contribution in [0.25, 0.3) is 0 Å². The summed E-state index contributed by atoms with van der Waals surface area (Å²) in [5.41, 5.74) is 0. The lowest BCUT2D eigenvalue weighted by atomic mass is 9.94. The maximum Gasteiger partial charge on any atom is 0.208 e. The van der Waals surface area contributed by atoms with Gasteiger partial charge in [-0.25, -0.2) is 4.98 Å². The van der Waals surface area contributed by atoms with Gasteiger partial charge in [-0.1, -0.05) is 20.8 Å². The molecule has 0 bridgehead atoms. The van der Waals surface area contributed by atoms with Gasteiger partial charge in [-0.15, -0.1) is 0 Å². The van der Waals surface area contributed by atoms with E-state index in [1.807, 2.05) is 6.20 Å². The quantitative estimate of drug-likeness (QED) is 0.858. The van der Waals surface area contributed by atoms with Gasteiger partial charge in [0.05, 0.1) is 12.7 Å². The van der Waals surface area contributed by atoms with Crippen LogP contribution in [0.1, 0.15) is 45.3 Å². The van der Waals surface area contributed by atoms with Crippen molar-refractivity contribution in [1.82, 2.24) is 15.2 Å². The van der Waals surface area contributed by atoms with E-state index in [1.165, 1.54) is 12.8 Å². The number of piperidine rings is 1. The molecule has 0 amide bonds. The maximum atomic E-state index is 5.69. The summed E-state index contributed by atoms with van der Waals surface area (Å²) in [5.74, 6) is 2.55. The summed E-state index contributed by atoms with van der Waals surface area (Å²) in [7, 11) is 0. The van der Waals surface area contributed by atoms with Crippen molar-refractivity contribution in [3.8, 4) is 0 Å². The van der Waals surface area contributed by atoms with Gasteiger partial charge in [0, 0.05) is 25.6 Å². The van der Waals surface area contributed by atoms with Crippen LogP contribution in [0.5, 0.6) is 0 Å². The standard InChI is InChI=1S/C15H27N3O/c1-4-7-16-14-6-8-18(10-12(14)3)11-15-17-9-13(5-2)19-15/h9,12,14,16H,4-8,10-11H2,1-3H3. The predicted molar refractivity (Wildman–Crippen MR) is 77.0 cm³/mol. The molecule has 0 saturated carbocycles. The monoisotopic (exact) mass is 265 g/mol. The van der Waals surface area contributed by atoms with Gasteiger partial charge in [0.15, 0.2) is 0 Å². The number of aromatic nitrogens is 1. The summed E-state index contributed by atoms with van der Waals surface area (Å²) in [4.78, 5) is 6.81. The fraction of sp³-hybridized carbons (Fsp3) is 0.800. The molecular weight excluding hydrogens is 238 g/mol. The van der Waals surface area contributed by atoms with Crippen molar-refractivity contribution < 1.29 is 4.42 Å². The molecular formula is C15H27N3O. The van der Waals surface area contributed by atoms with Crippen LogP contribution < -0.4 is 5.32 Å². The van der Waals surface area contributed by atoms with E-state index in [0.717, 1.165) is 44.3 Å². The fourth-order valence-electron chi connectivity index (χ4n) is 2.78. The Hall–Kier alpha value is -0.870. The van der Waals surface area contributed by atoms with Gasteiger partial charge >= 0.3 is 0 Å². The predicted octanol–water partition coefficient (Wildman–Crippen LogP) is 2.45. The zero-order valence-corrected chi connectivity index (χ0v) is 12.5. The van der Waals surface area contributed by atoms with E-state index in [4.69, 9.17) is 4.42 Å². The molecule has 19 heavy (non-hydrogen) atoms. The first-order valence-corrected chi connectivity index (χ1v) is 7.62. The second-order valence-corrected chi connectivity index (χ2v) is 5.64. The molecule has 1 saturated heterocycles. The largest absolute Gasteiger partial charge is 0.444 e. The van der Waals surface area contributed by atoms with Crippen molar-refractivity contribution in [2.24, 2.45) is 5.92 Å². The first kappa shape index (κ1) is 14.5. The van der Waals surface area contributed by atoms with E-state index in [-0.39, 0.29) is 0 Å². The highest BCUT2D eigenvalue weighted by atomic mass is 16.4. The van der Waals surface area contributed by atoms with E-state index < -0.39 is 0 Å². The topological polar surface area (TPSA) is 41.3 Å². The first-order valence-electron chi connectivity index (χ1n) is 7.62. The van der Waals surface area contributed by atoms with Crippen molar-refractivity contribution in [3.63, 3.8) is 0 Å². The molecule has 0 aliphatic carbocycles. The van der Waals surface area contributed by atoms with Crippen LogP contribution in [0.15, 0.2) is 10.6 Å². The molecule has 4 heteroatoms. The first-order chi connectivity index (χ1) is 9.22. The lowest BCUT2D eigenvalue weighted by Crippen LogP contribution is -2.48. The molecule has 2 unspecified atom stereocenters. The number of nitrogens with one attached hydrogen (secondary N) is 1. The number of rotatable bonds is 6. The molecule has 1 aromatic rings. The number of hydrogen-bond donors (Lipinski definition) is 1. The van der Waals surface area contributed by atoms with E-state index in [0.29, 0.717) is 12.0 Å². The molecule has 2 rings (SSSR count). The summed E-state index contributed by atoms with van der Waals surface area (Å²) in [6.07, 6.45) is 5.21. The number of nitrogens with zero attached hydrogens (tertiary/aromatic N) is 2. The second kappa shape index (κ2) is 7.06. The molecule has 108 valence electrons. The van der Waals surface area contributed by atoms with Crippen molar-refractivity contribution in [2.45, 2.75) is 52.6 Å². The van der Waals surface area contributed by atoms with E-state index in [9.17, 15) is 0 Å². The minimum absolute atomic E-state index is 0.673. The third-order valence-electron chi connectivity index (χ3n) is 3.95. The Balaban J connectivity index is 1.81. The molecule has 1 aliphatic heterocycles. The van der Waals surface area contributed by atoms with Gasteiger partial charge in [0.1, 0.15) is 5.76 Å². The summed E-state index contributed by atoms with van der Waals surface area (Å²) in [5, 5.41) is 3.65. The van der Waals surface area contributed by atoms with E-state index in [1.54, 1.807) is 0 Å². The molecule has 0 spiro atoms. The molecule has 1 fully saturated rings. The summed E-state index contributed by atoms with van der Waals surface area (Å²) in [6, 6.07) is 0.673. The zero-order chi connectivity index (χ0) is 13.7. The highest BCUT2D eigenvalue weighted by Crippen LogP contribution is 2.19. The third kappa shape index (κ3) is 4.05. The maximum absolute atomic E-state index is 5.69. The number of hydrogen-bond acceptors (Lipinski definition) is 4. The summed E-state index contributed by atoms with van der Waals surface area (Å²) < 4.78 is 5.69. The Bertz CT molecular complexity index is 377. The second-order valence-electron chi connectivity index (χ2n) is 5.64. The number of aryl methyl sites for hydroxylation is 1. The minimum atomic E-state index is 0.673. The SMILES string of the molecule is CCCNC1CCN(Cc2ncc(CC)o2)CC1C. The molecule has 1 aliphatic rings. The van der Waals surface area contributed by atoms with Crippen LogP contribution in [0.2, 0.25) is 0 Å². The molecule has 1 N–H and O–H groups in total. The van der Waals surface area contributed by atoms with Crippen molar-refractivity contribution >= 4 is 0 Å². The zero-order valence-electron chi connectivity index (χ0n) is 12.5. The minimum Gasteiger partial charge on any atom is -0.444 e. The third-order valence-corrected chi connectivity index (χ3v) is 3.95. The highest BCUT2D eigenvalue weighted by Gasteiger charge is 2.26. The number of oxazole rings is 1. The van der Waals surface area contributed by atoms with Gasteiger partial charge in [0.2, 0.25) is 5.89 Å². The highest BCUT2D eigenvalue weighted by molar-refractivity contribution is 4.94. The van der Waals surface area contributed by atoms with Crippen LogP contribution >= 0.6 is 0 Å². The molecule has 1 aromatic heterocycles. The van der Waals surface area contributed by atoms with E-state index in [2.05, 4.69) is 36.0 Å². The van der Waals surface area contributed by atoms with Crippen LogP contribution in [-0.2, 0) is 13.0 Å². The van der Waals surface area contributed by atoms with Gasteiger partial charge in [-0.05, 0) is 25.3 Å². The van der Waals surface area contributed by atoms with Gasteiger partial charge in [-0.3, -0.25) is 4.90 Å². The normalized spacial score (nSPS) is 24.8. The fourth-order valence-corrected chi connectivity index (χ4v) is 2.78. The Morgan fingerprint density at radius 1 is 1.47 bits per heavy atom. The average Bonchev–Trinajstić information content (AvgIpc) is 2.85. The summed E-state index contributed by atoms with van der Waals surface area (Å²) >= 11 is 0. The molecule has 2 heterocycles. The molecule has 4 nitrogen and oxygen atoms in total. The van der Waals surface area contributed by atoms with Crippen LogP contribution in [0.4, 0.5) is 0 Å². The Morgan fingerprint density at radius 3 is 2.95 bits per heavy atom. The van der Waals surface area contributed by atoms with Crippen LogP contribution in [-0.4, -0.2) is 35.6 Å². The lowest BCUT2D eigenvalue weighted by Gasteiger charge is -2.36. The Kier molecular flexibility index (Phi) is 5.40. The molecule has 2 atom stereocenters. The van der Waals surface area contributed by atoms with E-state index >= 15 is 0 Å². The van der Waals surface area contributed by atoms with Crippen molar-refractivity contribution in [2.75, 3.05) is 19.6 Å². The van der Waals surface area contributed by atoms with Crippen molar-refractivity contribution in [1.29, 1.82) is 0 Å². The summed E-state index contributed by atoms with van der Waals surface area (Å²) in [6.45, 7) is 10.9. The van der Waals surface area contributed by atoms with Crippen LogP contribution in [0, 0.1) is 5.92 Å². The molecule has 0 radical (unpaired) electrons. The van der Waals surface area contributed by atoms with Gasteiger partial charge in [-0.2, -0.15) is 0 Å². The lowest BCUT2D eigenvalue weighted by molar-refractivity contribution is 0.130. The average molecular weight is 265 g/mol. The van der Waals surface area contributed by atoms with Crippen molar-refractivity contribution in [3.05, 3.63) is 17.8 Å². The van der Waals surface area contributed by atoms with Crippen LogP contribution in [0.3, 0.4) is 0 Å². The van der Waals surface area contributed by atoms with Gasteiger partial charge in [0.25, 0.3) is 0 Å². The Morgan fingerprint density at radius 2 is 2.32 bits per heavy atom. The smallest absolute Gasteiger partial charge is 0.208 e. The Labute approximate surface area is 116 Å². The van der Waals surface area contributed by atoms with Gasteiger partial charge < -0.3 is 9.73 Å². The molecule has 0 aromatic carbocycles. The number of likely N-dealkylation sites (tertiary alicyclic amines) is 1.